The molecule has 1 atom stereocenters. The van der Waals surface area contributed by atoms with Crippen LogP contribution in [0, 0.1) is 0 Å². The van der Waals surface area contributed by atoms with Crippen LogP contribution in [0.1, 0.15) is 35.5 Å². The summed E-state index contributed by atoms with van der Waals surface area (Å²) in [4.78, 5) is 25.1. The van der Waals surface area contributed by atoms with E-state index in [2.05, 4.69) is 5.32 Å². The number of hydrogen-bond donors (Lipinski definition) is 1. The van der Waals surface area contributed by atoms with Crippen LogP contribution in [0.3, 0.4) is 0 Å². The van der Waals surface area contributed by atoms with Crippen molar-refractivity contribution in [3.63, 3.8) is 0 Å². The zero-order chi connectivity index (χ0) is 21.5. The fraction of sp³-hybridized carbons (Fsp3) is 0.304. The molecular formula is C23H25NO6. The Morgan fingerprint density at radius 1 is 1.10 bits per heavy atom. The number of furan rings is 1. The minimum atomic E-state index is -1.000. The van der Waals surface area contributed by atoms with Crippen molar-refractivity contribution in [3.8, 4) is 5.75 Å². The second kappa shape index (κ2) is 9.93. The van der Waals surface area contributed by atoms with E-state index in [1.54, 1.807) is 13.2 Å². The number of amides is 1. The van der Waals surface area contributed by atoms with Gasteiger partial charge in [-0.25, -0.2) is 4.79 Å². The first-order valence-electron chi connectivity index (χ1n) is 9.73. The number of benzene rings is 2. The Hall–Kier alpha value is -3.32. The highest BCUT2D eigenvalue weighted by atomic mass is 16.6. The molecule has 0 aliphatic heterocycles. The predicted octanol–water partition coefficient (Wildman–Crippen LogP) is 3.84. The highest BCUT2D eigenvalue weighted by Gasteiger charge is 2.26. The van der Waals surface area contributed by atoms with Gasteiger partial charge in [-0.2, -0.15) is 0 Å². The number of methoxy groups -OCH3 is 1. The lowest BCUT2D eigenvalue weighted by Crippen LogP contribution is -2.35. The molecule has 0 spiro atoms. The summed E-state index contributed by atoms with van der Waals surface area (Å²) in [5.41, 5.74) is 2.00. The first-order valence-corrected chi connectivity index (χ1v) is 9.73. The maximum absolute atomic E-state index is 12.7. The molecule has 1 aromatic heterocycles. The molecule has 0 saturated carbocycles. The topological polar surface area (TPSA) is 87.0 Å². The quantitative estimate of drug-likeness (QED) is 0.539. The summed E-state index contributed by atoms with van der Waals surface area (Å²) >= 11 is 0. The number of rotatable bonds is 9. The summed E-state index contributed by atoms with van der Waals surface area (Å²) in [6.45, 7) is 4.35. The van der Waals surface area contributed by atoms with Gasteiger partial charge < -0.3 is 23.9 Å². The van der Waals surface area contributed by atoms with Gasteiger partial charge in [0.2, 0.25) is 5.76 Å². The van der Waals surface area contributed by atoms with Crippen molar-refractivity contribution >= 4 is 22.8 Å². The number of carbonyl (C=O) groups excluding carboxylic acids is 2. The molecule has 1 heterocycles. The largest absolute Gasteiger partial charge is 0.496 e. The lowest BCUT2D eigenvalue weighted by Gasteiger charge is -2.14. The van der Waals surface area contributed by atoms with Crippen molar-refractivity contribution < 1.29 is 28.2 Å². The molecule has 3 rings (SSSR count). The van der Waals surface area contributed by atoms with Gasteiger partial charge in [0.05, 0.1) is 13.7 Å². The van der Waals surface area contributed by atoms with Gasteiger partial charge in [0, 0.05) is 29.7 Å². The van der Waals surface area contributed by atoms with Crippen LogP contribution < -0.4 is 10.1 Å². The number of para-hydroxylation sites is 2. The van der Waals surface area contributed by atoms with E-state index >= 15 is 0 Å². The highest BCUT2D eigenvalue weighted by Crippen LogP contribution is 2.27. The van der Waals surface area contributed by atoms with Crippen LogP contribution in [0.5, 0.6) is 5.75 Å². The molecule has 0 fully saturated rings. The van der Waals surface area contributed by atoms with E-state index in [4.69, 9.17) is 18.6 Å². The maximum atomic E-state index is 12.7. The second-order valence-electron chi connectivity index (χ2n) is 6.62. The molecule has 30 heavy (non-hydrogen) atoms. The monoisotopic (exact) mass is 411 g/mol. The Labute approximate surface area is 174 Å². The number of fused-ring (bicyclic) bond motifs is 1. The minimum absolute atomic E-state index is 0.0500. The van der Waals surface area contributed by atoms with Crippen molar-refractivity contribution in [2.75, 3.05) is 13.7 Å². The molecule has 7 nitrogen and oxygen atoms in total. The lowest BCUT2D eigenvalue weighted by atomic mass is 10.1. The van der Waals surface area contributed by atoms with Crippen molar-refractivity contribution in [2.45, 2.75) is 33.1 Å². The first kappa shape index (κ1) is 21.4. The van der Waals surface area contributed by atoms with Crippen LogP contribution in [-0.4, -0.2) is 31.7 Å². The number of carbonyl (C=O) groups is 2. The molecule has 2 aromatic carbocycles. The van der Waals surface area contributed by atoms with Gasteiger partial charge in [-0.1, -0.05) is 36.4 Å². The van der Waals surface area contributed by atoms with Gasteiger partial charge in [0.25, 0.3) is 5.91 Å². The molecule has 3 aromatic rings. The van der Waals surface area contributed by atoms with Crippen LogP contribution in [0.25, 0.3) is 11.0 Å². The first-order chi connectivity index (χ1) is 14.5. The zero-order valence-electron chi connectivity index (χ0n) is 17.3. The number of hydrogen-bond acceptors (Lipinski definition) is 6. The number of ether oxygens (including phenoxy) is 3. The summed E-state index contributed by atoms with van der Waals surface area (Å²) in [5.74, 6) is -0.406. The van der Waals surface area contributed by atoms with E-state index < -0.39 is 18.0 Å². The molecule has 1 amide bonds. The molecular weight excluding hydrogens is 386 g/mol. The van der Waals surface area contributed by atoms with Crippen LogP contribution in [0.4, 0.5) is 0 Å². The fourth-order valence-corrected chi connectivity index (χ4v) is 3.05. The standard InChI is InChI=1S/C23H25NO6/c1-4-28-14-18-17-10-6-8-12-20(17)30-21(18)23(26)29-15(2)22(25)24-13-16-9-5-7-11-19(16)27-3/h5-12,15H,4,13-14H2,1-3H3,(H,24,25)/t15-/m0/s1. The van der Waals surface area contributed by atoms with Gasteiger partial charge in [-0.3, -0.25) is 4.79 Å². The third kappa shape index (κ3) is 4.80. The van der Waals surface area contributed by atoms with E-state index in [1.165, 1.54) is 6.92 Å². The average molecular weight is 411 g/mol. The van der Waals surface area contributed by atoms with Gasteiger partial charge in [0.15, 0.2) is 6.10 Å². The van der Waals surface area contributed by atoms with E-state index in [0.29, 0.717) is 23.5 Å². The van der Waals surface area contributed by atoms with Crippen LogP contribution in [-0.2, 0) is 27.4 Å². The molecule has 1 N–H and O–H groups in total. The number of esters is 1. The third-order valence-electron chi connectivity index (χ3n) is 4.63. The Morgan fingerprint density at radius 3 is 2.60 bits per heavy atom. The molecule has 0 unspecified atom stereocenters. The van der Waals surface area contributed by atoms with E-state index in [-0.39, 0.29) is 18.9 Å². The summed E-state index contributed by atoms with van der Waals surface area (Å²) in [5, 5.41) is 3.54. The Balaban J connectivity index is 1.68. The molecule has 0 aliphatic rings. The minimum Gasteiger partial charge on any atom is -0.496 e. The SMILES string of the molecule is CCOCc1c(C(=O)O[C@@H](C)C(=O)NCc2ccccc2OC)oc2ccccc12. The fourth-order valence-electron chi connectivity index (χ4n) is 3.05. The highest BCUT2D eigenvalue weighted by molar-refractivity contribution is 5.97. The van der Waals surface area contributed by atoms with Crippen LogP contribution in [0.15, 0.2) is 52.9 Å². The van der Waals surface area contributed by atoms with E-state index in [1.807, 2.05) is 49.4 Å². The zero-order valence-corrected chi connectivity index (χ0v) is 17.3. The molecule has 0 saturated heterocycles. The van der Waals surface area contributed by atoms with E-state index in [9.17, 15) is 9.59 Å². The second-order valence-corrected chi connectivity index (χ2v) is 6.62. The van der Waals surface area contributed by atoms with Crippen molar-refractivity contribution in [3.05, 3.63) is 65.4 Å². The van der Waals surface area contributed by atoms with Gasteiger partial charge in [-0.15, -0.1) is 0 Å². The van der Waals surface area contributed by atoms with Crippen molar-refractivity contribution in [1.29, 1.82) is 0 Å². The van der Waals surface area contributed by atoms with Gasteiger partial charge in [0.1, 0.15) is 11.3 Å². The van der Waals surface area contributed by atoms with Gasteiger partial charge >= 0.3 is 5.97 Å². The van der Waals surface area contributed by atoms with Crippen LogP contribution >= 0.6 is 0 Å². The normalized spacial score (nSPS) is 11.8. The van der Waals surface area contributed by atoms with E-state index in [0.717, 1.165) is 10.9 Å². The Kier molecular flexibility index (Phi) is 7.08. The molecule has 158 valence electrons. The summed E-state index contributed by atoms with van der Waals surface area (Å²) in [7, 11) is 1.57. The van der Waals surface area contributed by atoms with Crippen molar-refractivity contribution in [2.24, 2.45) is 0 Å². The molecule has 0 aliphatic carbocycles. The molecule has 0 radical (unpaired) electrons. The van der Waals surface area contributed by atoms with Crippen LogP contribution in [0.2, 0.25) is 0 Å². The smallest absolute Gasteiger partial charge is 0.375 e. The molecule has 7 heteroatoms. The molecule has 0 bridgehead atoms. The predicted molar refractivity (Wildman–Crippen MR) is 111 cm³/mol. The maximum Gasteiger partial charge on any atom is 0.375 e. The summed E-state index contributed by atoms with van der Waals surface area (Å²) in [6, 6.07) is 14.7. The lowest BCUT2D eigenvalue weighted by molar-refractivity contribution is -0.129. The third-order valence-corrected chi connectivity index (χ3v) is 4.63. The average Bonchev–Trinajstić information content (AvgIpc) is 3.14. The Bertz CT molecular complexity index is 1030. The summed E-state index contributed by atoms with van der Waals surface area (Å²) < 4.78 is 21.8. The summed E-state index contributed by atoms with van der Waals surface area (Å²) in [6.07, 6.45) is -1.000. The van der Waals surface area contributed by atoms with Crippen molar-refractivity contribution in [1.82, 2.24) is 5.32 Å². The van der Waals surface area contributed by atoms with Gasteiger partial charge in [-0.05, 0) is 26.0 Å². The number of nitrogens with one attached hydrogen (secondary N) is 1. The Morgan fingerprint density at radius 2 is 1.83 bits per heavy atom.